The van der Waals surface area contributed by atoms with Crippen molar-refractivity contribution in [1.82, 2.24) is 4.90 Å². The Bertz CT molecular complexity index is 486. The number of piperidine rings is 1. The van der Waals surface area contributed by atoms with Crippen molar-refractivity contribution < 1.29 is 13.6 Å². The molecule has 0 aromatic heterocycles. The van der Waals surface area contributed by atoms with E-state index in [-0.39, 0.29) is 15.8 Å². The maximum absolute atomic E-state index is 12.2. The number of nitrogens with zero attached hydrogens (tertiary/aromatic N) is 1. The molecule has 0 radical (unpaired) electrons. The summed E-state index contributed by atoms with van der Waals surface area (Å²) in [4.78, 5) is 13.9. The molecule has 1 aliphatic heterocycles. The zero-order valence-electron chi connectivity index (χ0n) is 9.73. The van der Waals surface area contributed by atoms with E-state index in [1.54, 1.807) is 11.0 Å². The van der Waals surface area contributed by atoms with Gasteiger partial charge >= 0.3 is 0 Å². The van der Waals surface area contributed by atoms with Crippen LogP contribution < -0.4 is 0 Å². The Hall–Kier alpha value is -0.910. The summed E-state index contributed by atoms with van der Waals surface area (Å²) >= 11 is 3.34. The maximum Gasteiger partial charge on any atom is 0.253 e. The van der Waals surface area contributed by atoms with E-state index >= 15 is 0 Å². The highest BCUT2D eigenvalue weighted by molar-refractivity contribution is 7.79. The van der Waals surface area contributed by atoms with E-state index in [0.717, 1.165) is 32.4 Å². The van der Waals surface area contributed by atoms with Gasteiger partial charge in [-0.1, -0.05) is 11.6 Å². The fourth-order valence-electron chi connectivity index (χ4n) is 2.04. The van der Waals surface area contributed by atoms with E-state index < -0.39 is 11.1 Å². The van der Waals surface area contributed by atoms with Crippen LogP contribution in [0, 0.1) is 0 Å². The lowest BCUT2D eigenvalue weighted by Gasteiger charge is -2.27. The molecule has 0 aliphatic carbocycles. The largest absolute Gasteiger partial charge is 0.768 e. The lowest BCUT2D eigenvalue weighted by atomic mass is 10.1. The Morgan fingerprint density at radius 2 is 1.94 bits per heavy atom. The van der Waals surface area contributed by atoms with Crippen LogP contribution in [0.4, 0.5) is 0 Å². The summed E-state index contributed by atoms with van der Waals surface area (Å²) < 4.78 is 21.9. The average Bonchev–Trinajstić information content (AvgIpc) is 2.39. The summed E-state index contributed by atoms with van der Waals surface area (Å²) in [6.07, 6.45) is 3.14. The molecule has 18 heavy (non-hydrogen) atoms. The maximum atomic E-state index is 12.2. The van der Waals surface area contributed by atoms with Gasteiger partial charge in [0.1, 0.15) is 0 Å². The molecule has 1 unspecified atom stereocenters. The van der Waals surface area contributed by atoms with Gasteiger partial charge in [0.25, 0.3) is 5.91 Å². The number of hydrogen-bond donors (Lipinski definition) is 0. The zero-order chi connectivity index (χ0) is 13.1. The first-order valence-corrected chi connectivity index (χ1v) is 7.23. The molecule has 1 aromatic rings. The van der Waals surface area contributed by atoms with Crippen LogP contribution in [0.5, 0.6) is 0 Å². The first-order valence-electron chi connectivity index (χ1n) is 5.77. The SMILES string of the molecule is O=C(c1ccc(Cl)c(S(=O)[O-])c1)N1CCCCC1. The summed E-state index contributed by atoms with van der Waals surface area (Å²) in [5.74, 6) is -0.127. The minimum Gasteiger partial charge on any atom is -0.768 e. The molecule has 6 heteroatoms. The van der Waals surface area contributed by atoms with Crippen molar-refractivity contribution in [3.05, 3.63) is 28.8 Å². The Morgan fingerprint density at radius 3 is 2.56 bits per heavy atom. The van der Waals surface area contributed by atoms with Crippen molar-refractivity contribution in [2.45, 2.75) is 24.2 Å². The van der Waals surface area contributed by atoms with Crippen molar-refractivity contribution in [1.29, 1.82) is 0 Å². The van der Waals surface area contributed by atoms with Gasteiger partial charge in [0.2, 0.25) is 0 Å². The van der Waals surface area contributed by atoms with Crippen LogP contribution in [0.25, 0.3) is 0 Å². The third-order valence-corrected chi connectivity index (χ3v) is 4.14. The number of halogens is 1. The molecule has 2 rings (SSSR count). The van der Waals surface area contributed by atoms with Crippen LogP contribution in [0.3, 0.4) is 0 Å². The summed E-state index contributed by atoms with van der Waals surface area (Å²) in [5.41, 5.74) is 0.375. The van der Waals surface area contributed by atoms with Crippen molar-refractivity contribution in [3.63, 3.8) is 0 Å². The van der Waals surface area contributed by atoms with Gasteiger partial charge in [-0.05, 0) is 48.5 Å². The van der Waals surface area contributed by atoms with Crippen molar-refractivity contribution >= 4 is 28.6 Å². The molecule has 1 heterocycles. The average molecular weight is 287 g/mol. The summed E-state index contributed by atoms with van der Waals surface area (Å²) in [5, 5.41) is 0.138. The molecular weight excluding hydrogens is 274 g/mol. The minimum absolute atomic E-state index is 0.0282. The van der Waals surface area contributed by atoms with Crippen molar-refractivity contribution in [3.8, 4) is 0 Å². The van der Waals surface area contributed by atoms with Gasteiger partial charge < -0.3 is 9.45 Å². The number of carbonyl (C=O) groups excluding carboxylic acids is 1. The molecule has 0 N–H and O–H groups in total. The number of hydrogen-bond acceptors (Lipinski definition) is 3. The molecule has 1 fully saturated rings. The third kappa shape index (κ3) is 2.91. The number of likely N-dealkylation sites (tertiary alicyclic amines) is 1. The second-order valence-electron chi connectivity index (χ2n) is 4.23. The van der Waals surface area contributed by atoms with E-state index in [1.807, 2.05) is 0 Å². The molecule has 1 aliphatic rings. The number of carbonyl (C=O) groups is 1. The molecule has 1 aromatic carbocycles. The Morgan fingerprint density at radius 1 is 1.28 bits per heavy atom. The molecule has 1 amide bonds. The molecule has 1 saturated heterocycles. The van der Waals surface area contributed by atoms with Gasteiger partial charge in [-0.2, -0.15) is 0 Å². The number of benzene rings is 1. The highest BCUT2D eigenvalue weighted by Gasteiger charge is 2.18. The number of amides is 1. The Labute approximate surface area is 113 Å². The van der Waals surface area contributed by atoms with Crippen LogP contribution in [0.2, 0.25) is 5.02 Å². The molecule has 4 nitrogen and oxygen atoms in total. The number of rotatable bonds is 2. The second-order valence-corrected chi connectivity index (χ2v) is 5.55. The van der Waals surface area contributed by atoms with E-state index in [1.165, 1.54) is 12.1 Å². The predicted molar refractivity (Wildman–Crippen MR) is 68.4 cm³/mol. The molecular formula is C12H13ClNO3S-. The Kier molecular flexibility index (Phi) is 4.37. The first-order chi connectivity index (χ1) is 8.59. The molecule has 98 valence electrons. The minimum atomic E-state index is -2.42. The van der Waals surface area contributed by atoms with Crippen molar-refractivity contribution in [2.24, 2.45) is 0 Å². The molecule has 0 saturated carbocycles. The van der Waals surface area contributed by atoms with Gasteiger partial charge in [0.15, 0.2) is 0 Å². The van der Waals surface area contributed by atoms with Crippen LogP contribution in [0.15, 0.2) is 23.1 Å². The Balaban J connectivity index is 2.24. The lowest BCUT2D eigenvalue weighted by Crippen LogP contribution is -2.35. The molecule has 0 bridgehead atoms. The van der Waals surface area contributed by atoms with Crippen LogP contribution in [0.1, 0.15) is 29.6 Å². The van der Waals surface area contributed by atoms with Crippen molar-refractivity contribution in [2.75, 3.05) is 13.1 Å². The quantitative estimate of drug-likeness (QED) is 0.783. The van der Waals surface area contributed by atoms with Crippen LogP contribution in [-0.4, -0.2) is 32.7 Å². The summed E-state index contributed by atoms with van der Waals surface area (Å²) in [7, 11) is 0. The standard InChI is InChI=1S/C12H14ClNO3S/c13-10-5-4-9(8-11(10)18(16)17)12(15)14-6-2-1-3-7-14/h4-5,8H,1-3,6-7H2,(H,16,17)/p-1. The van der Waals surface area contributed by atoms with E-state index in [9.17, 15) is 13.6 Å². The monoisotopic (exact) mass is 286 g/mol. The van der Waals surface area contributed by atoms with Gasteiger partial charge in [-0.15, -0.1) is 0 Å². The van der Waals surface area contributed by atoms with Gasteiger partial charge in [0.05, 0.1) is 5.02 Å². The van der Waals surface area contributed by atoms with Gasteiger partial charge in [0, 0.05) is 23.5 Å². The highest BCUT2D eigenvalue weighted by atomic mass is 35.5. The van der Waals surface area contributed by atoms with E-state index in [0.29, 0.717) is 5.56 Å². The smallest absolute Gasteiger partial charge is 0.253 e. The third-order valence-electron chi connectivity index (χ3n) is 3.00. The second kappa shape index (κ2) is 5.82. The first kappa shape index (κ1) is 13.5. The molecule has 0 spiro atoms. The van der Waals surface area contributed by atoms with E-state index in [4.69, 9.17) is 11.6 Å². The van der Waals surface area contributed by atoms with Crippen LogP contribution in [-0.2, 0) is 11.1 Å². The fourth-order valence-corrected chi connectivity index (χ4v) is 2.80. The zero-order valence-corrected chi connectivity index (χ0v) is 11.3. The predicted octanol–water partition coefficient (Wildman–Crippen LogP) is 2.20. The fraction of sp³-hybridized carbons (Fsp3) is 0.417. The highest BCUT2D eigenvalue weighted by Crippen LogP contribution is 2.22. The lowest BCUT2D eigenvalue weighted by molar-refractivity contribution is 0.0724. The summed E-state index contributed by atoms with van der Waals surface area (Å²) in [6.45, 7) is 1.47. The topological polar surface area (TPSA) is 60.4 Å². The molecule has 1 atom stereocenters. The van der Waals surface area contributed by atoms with Crippen LogP contribution >= 0.6 is 11.6 Å². The van der Waals surface area contributed by atoms with Gasteiger partial charge in [-0.25, -0.2) is 0 Å². The van der Waals surface area contributed by atoms with Gasteiger partial charge in [-0.3, -0.25) is 9.00 Å². The summed E-state index contributed by atoms with van der Waals surface area (Å²) in [6, 6.07) is 4.35. The normalized spacial score (nSPS) is 17.6. The van der Waals surface area contributed by atoms with E-state index in [2.05, 4.69) is 0 Å².